The van der Waals surface area contributed by atoms with Gasteiger partial charge in [0.25, 0.3) is 0 Å². The summed E-state index contributed by atoms with van der Waals surface area (Å²) < 4.78 is 42.2. The molecule has 0 amide bonds. The summed E-state index contributed by atoms with van der Waals surface area (Å²) >= 11 is 0. The van der Waals surface area contributed by atoms with Crippen molar-refractivity contribution in [3.05, 3.63) is 54.3 Å². The molecule has 0 N–H and O–H groups in total. The van der Waals surface area contributed by atoms with E-state index in [0.717, 1.165) is 37.6 Å². The van der Waals surface area contributed by atoms with Gasteiger partial charge in [-0.15, -0.1) is 0 Å². The third-order valence-corrected chi connectivity index (χ3v) is 5.35. The van der Waals surface area contributed by atoms with Gasteiger partial charge in [-0.3, -0.25) is 4.90 Å². The van der Waals surface area contributed by atoms with Crippen molar-refractivity contribution in [3.8, 4) is 17.2 Å². The Morgan fingerprint density at radius 1 is 0.967 bits per heavy atom. The quantitative estimate of drug-likeness (QED) is 0.615. The highest BCUT2D eigenvalue weighted by Gasteiger charge is 2.37. The third kappa shape index (κ3) is 5.41. The van der Waals surface area contributed by atoms with Crippen molar-refractivity contribution in [1.82, 2.24) is 4.90 Å². The fraction of sp³-hybridized carbons (Fsp3) is 0.478. The number of halogens is 1. The van der Waals surface area contributed by atoms with Crippen LogP contribution in [-0.4, -0.2) is 69.8 Å². The Morgan fingerprint density at radius 2 is 1.63 bits per heavy atom. The van der Waals surface area contributed by atoms with Crippen molar-refractivity contribution >= 4 is 0 Å². The van der Waals surface area contributed by atoms with E-state index in [0.29, 0.717) is 25.6 Å². The number of ether oxygens (including phenoxy) is 5. The maximum absolute atomic E-state index is 13.0. The maximum atomic E-state index is 13.0. The minimum absolute atomic E-state index is 0.0435. The average molecular weight is 417 g/mol. The molecule has 162 valence electrons. The molecule has 2 aromatic rings. The van der Waals surface area contributed by atoms with Gasteiger partial charge in [0.2, 0.25) is 0 Å². The lowest BCUT2D eigenvalue weighted by Gasteiger charge is -2.19. The normalized spacial score (nSPS) is 22.3. The summed E-state index contributed by atoms with van der Waals surface area (Å²) in [5, 5.41) is 0. The van der Waals surface area contributed by atoms with Gasteiger partial charge in [0.05, 0.1) is 39.1 Å². The van der Waals surface area contributed by atoms with Gasteiger partial charge < -0.3 is 23.7 Å². The van der Waals surface area contributed by atoms with E-state index >= 15 is 0 Å². The van der Waals surface area contributed by atoms with E-state index in [1.54, 1.807) is 19.2 Å². The van der Waals surface area contributed by atoms with Crippen molar-refractivity contribution in [3.63, 3.8) is 0 Å². The van der Waals surface area contributed by atoms with Crippen LogP contribution in [0.5, 0.6) is 17.2 Å². The van der Waals surface area contributed by atoms with Crippen LogP contribution < -0.4 is 14.2 Å². The Balaban J connectivity index is 1.18. The van der Waals surface area contributed by atoms with Gasteiger partial charge in [-0.1, -0.05) is 12.1 Å². The van der Waals surface area contributed by atoms with Crippen LogP contribution >= 0.6 is 0 Å². The summed E-state index contributed by atoms with van der Waals surface area (Å²) in [6.45, 7) is 4.14. The second-order valence-electron chi connectivity index (χ2n) is 7.55. The molecule has 0 bridgehead atoms. The molecule has 7 heteroatoms. The van der Waals surface area contributed by atoms with Crippen molar-refractivity contribution in [2.45, 2.75) is 24.7 Å². The molecule has 0 unspecified atom stereocenters. The molecule has 2 aromatic carbocycles. The summed E-state index contributed by atoms with van der Waals surface area (Å²) in [6.07, 6.45) is 0.806. The van der Waals surface area contributed by atoms with Gasteiger partial charge in [-0.05, 0) is 42.8 Å². The molecule has 0 aromatic heterocycles. The number of rotatable bonds is 8. The summed E-state index contributed by atoms with van der Waals surface area (Å²) in [4.78, 5) is 2.35. The molecular weight excluding hydrogens is 389 g/mol. The zero-order valence-corrected chi connectivity index (χ0v) is 17.2. The number of hydrogen-bond acceptors (Lipinski definition) is 6. The first-order valence-corrected chi connectivity index (χ1v) is 10.3. The number of benzene rings is 2. The molecule has 2 saturated heterocycles. The third-order valence-electron chi connectivity index (χ3n) is 5.35. The first kappa shape index (κ1) is 20.9. The standard InChI is InChI=1S/C23H28FNO5/c1-26-20-5-2-3-6-21(20)27-12-4-11-25-13-22-23(14-25)29-16-19(15-28-22)30-18-9-7-17(24)8-10-18/h2-3,5-10,19,22-23H,4,11-16H2,1H3/t22-,23-/m0/s1. The molecule has 6 nitrogen and oxygen atoms in total. The van der Waals surface area contributed by atoms with Crippen LogP contribution in [0.1, 0.15) is 6.42 Å². The van der Waals surface area contributed by atoms with Gasteiger partial charge in [0.1, 0.15) is 17.7 Å². The largest absolute Gasteiger partial charge is 0.493 e. The Labute approximate surface area is 176 Å². The van der Waals surface area contributed by atoms with Gasteiger partial charge in [-0.25, -0.2) is 4.39 Å². The summed E-state index contributed by atoms with van der Waals surface area (Å²) in [6, 6.07) is 13.7. The van der Waals surface area contributed by atoms with Crippen molar-refractivity contribution in [2.75, 3.05) is 46.6 Å². The monoisotopic (exact) mass is 417 g/mol. The molecule has 0 aliphatic carbocycles. The number of fused-ring (bicyclic) bond motifs is 1. The summed E-state index contributed by atoms with van der Waals surface area (Å²) in [5.41, 5.74) is 0. The van der Waals surface area contributed by atoms with Gasteiger partial charge in [0.15, 0.2) is 11.5 Å². The lowest BCUT2D eigenvalue weighted by molar-refractivity contribution is -0.00461. The van der Waals surface area contributed by atoms with Crippen molar-refractivity contribution < 1.29 is 28.1 Å². The van der Waals surface area contributed by atoms with E-state index in [1.807, 2.05) is 24.3 Å². The topological polar surface area (TPSA) is 49.4 Å². The number of methoxy groups -OCH3 is 1. The van der Waals surface area contributed by atoms with Crippen molar-refractivity contribution in [1.29, 1.82) is 0 Å². The van der Waals surface area contributed by atoms with Crippen LogP contribution in [-0.2, 0) is 9.47 Å². The smallest absolute Gasteiger partial charge is 0.161 e. The lowest BCUT2D eigenvalue weighted by atomic mass is 10.3. The molecule has 2 aliphatic rings. The predicted octanol–water partition coefficient (Wildman–Crippen LogP) is 3.15. The number of nitrogens with zero attached hydrogens (tertiary/aromatic N) is 1. The van der Waals surface area contributed by atoms with E-state index in [2.05, 4.69) is 4.90 Å². The second kappa shape index (κ2) is 10.1. The first-order valence-electron chi connectivity index (χ1n) is 10.3. The molecule has 0 saturated carbocycles. The molecular formula is C23H28FNO5. The van der Waals surface area contributed by atoms with E-state index < -0.39 is 0 Å². The molecule has 2 atom stereocenters. The van der Waals surface area contributed by atoms with Crippen LogP contribution in [0.4, 0.5) is 4.39 Å². The van der Waals surface area contributed by atoms with Gasteiger partial charge in [-0.2, -0.15) is 0 Å². The van der Waals surface area contributed by atoms with E-state index in [9.17, 15) is 4.39 Å². The summed E-state index contributed by atoms with van der Waals surface area (Å²) in [5.74, 6) is 1.86. The van der Waals surface area contributed by atoms with E-state index in [-0.39, 0.29) is 24.1 Å². The minimum atomic E-state index is -0.279. The molecule has 4 rings (SSSR count). The van der Waals surface area contributed by atoms with Crippen LogP contribution in [0.2, 0.25) is 0 Å². The highest BCUT2D eigenvalue weighted by atomic mass is 19.1. The molecule has 2 fully saturated rings. The molecule has 2 heterocycles. The zero-order chi connectivity index (χ0) is 20.8. The van der Waals surface area contributed by atoms with E-state index in [4.69, 9.17) is 23.7 Å². The summed E-state index contributed by atoms with van der Waals surface area (Å²) in [7, 11) is 1.64. The second-order valence-corrected chi connectivity index (χ2v) is 7.55. The predicted molar refractivity (Wildman–Crippen MR) is 110 cm³/mol. The maximum Gasteiger partial charge on any atom is 0.161 e. The Bertz CT molecular complexity index is 786. The van der Waals surface area contributed by atoms with Crippen LogP contribution in [0.3, 0.4) is 0 Å². The first-order chi connectivity index (χ1) is 14.7. The Kier molecular flexibility index (Phi) is 7.04. The van der Waals surface area contributed by atoms with Gasteiger partial charge >= 0.3 is 0 Å². The van der Waals surface area contributed by atoms with Crippen molar-refractivity contribution in [2.24, 2.45) is 0 Å². The highest BCUT2D eigenvalue weighted by molar-refractivity contribution is 5.39. The minimum Gasteiger partial charge on any atom is -0.493 e. The fourth-order valence-electron chi connectivity index (χ4n) is 3.81. The Hall–Kier alpha value is -2.35. The van der Waals surface area contributed by atoms with Crippen LogP contribution in [0.25, 0.3) is 0 Å². The van der Waals surface area contributed by atoms with E-state index in [1.165, 1.54) is 12.1 Å². The van der Waals surface area contributed by atoms with Crippen LogP contribution in [0, 0.1) is 5.82 Å². The Morgan fingerprint density at radius 3 is 2.30 bits per heavy atom. The average Bonchev–Trinajstić information content (AvgIpc) is 3.07. The lowest BCUT2D eigenvalue weighted by Crippen LogP contribution is -2.30. The highest BCUT2D eigenvalue weighted by Crippen LogP contribution is 2.26. The fourth-order valence-corrected chi connectivity index (χ4v) is 3.81. The zero-order valence-electron chi connectivity index (χ0n) is 17.2. The number of hydrogen-bond donors (Lipinski definition) is 0. The number of para-hydroxylation sites is 2. The molecule has 30 heavy (non-hydrogen) atoms. The number of likely N-dealkylation sites (tertiary alicyclic amines) is 1. The molecule has 2 aliphatic heterocycles. The molecule has 0 spiro atoms. The van der Waals surface area contributed by atoms with Crippen LogP contribution in [0.15, 0.2) is 48.5 Å². The SMILES string of the molecule is COc1ccccc1OCCCN1C[C@@H]2OCC(Oc3ccc(F)cc3)CO[C@H]2C1. The van der Waals surface area contributed by atoms with Gasteiger partial charge in [0, 0.05) is 19.6 Å². The molecule has 0 radical (unpaired) electrons.